The van der Waals surface area contributed by atoms with Crippen molar-refractivity contribution in [1.82, 2.24) is 0 Å². The number of aryl methyl sites for hydroxylation is 2. The van der Waals surface area contributed by atoms with Crippen molar-refractivity contribution in [3.05, 3.63) is 139 Å². The van der Waals surface area contributed by atoms with E-state index in [-0.39, 0.29) is 0 Å². The average Bonchev–Trinajstić information content (AvgIpc) is 3.17. The minimum absolute atomic E-state index is 1.28. The molecule has 0 aromatic heterocycles. The molecule has 7 rings (SSSR count). The molecule has 1 heteroatoms. The van der Waals surface area contributed by atoms with Gasteiger partial charge in [-0.3, -0.25) is 0 Å². The summed E-state index contributed by atoms with van der Waals surface area (Å²) in [6, 6.07) is 48.9. The van der Waals surface area contributed by atoms with Gasteiger partial charge in [0, 0.05) is 0 Å². The Kier molecular flexibility index (Phi) is 11.0. The first-order chi connectivity index (χ1) is 25.0. The molecular formula is C50H54Sn. The van der Waals surface area contributed by atoms with Crippen molar-refractivity contribution in [2.75, 3.05) is 0 Å². The van der Waals surface area contributed by atoms with Crippen LogP contribution >= 0.6 is 0 Å². The zero-order valence-electron chi connectivity index (χ0n) is 31.5. The quantitative estimate of drug-likeness (QED) is 0.102. The van der Waals surface area contributed by atoms with Crippen LogP contribution in [-0.4, -0.2) is 18.4 Å². The normalized spacial score (nSPS) is 11.9. The predicted molar refractivity (Wildman–Crippen MR) is 229 cm³/mol. The Bertz CT molecular complexity index is 2180. The molecule has 0 atom stereocenters. The van der Waals surface area contributed by atoms with Crippen molar-refractivity contribution in [1.29, 1.82) is 0 Å². The van der Waals surface area contributed by atoms with Crippen LogP contribution in [0, 0.1) is 13.8 Å². The standard InChI is InChI=1S/C38H27.3C4H9.Sn/c1-25-35-13-7-5-10-28(35)17-19-37(25)33-22-32(31-16-15-27-9-3-4-12-30(27)21-31)23-34(24-33)38-20-18-29-11-6-8-14-36(29)26(38)2;3*1-3-4-2;/h3-20,22-24H,1-2H3;3*1,3-4H2,2H3;. The van der Waals surface area contributed by atoms with E-state index in [1.807, 2.05) is 0 Å². The number of fused-ring (bicyclic) bond motifs is 3. The molecule has 0 radical (unpaired) electrons. The molecule has 0 amide bonds. The summed E-state index contributed by atoms with van der Waals surface area (Å²) in [4.78, 5) is 0. The van der Waals surface area contributed by atoms with E-state index >= 15 is 0 Å². The molecule has 0 aliphatic carbocycles. The summed E-state index contributed by atoms with van der Waals surface area (Å²) < 4.78 is 6.15. The second-order valence-corrected chi connectivity index (χ2v) is 28.0. The van der Waals surface area contributed by atoms with E-state index in [1.165, 1.54) is 129 Å². The topological polar surface area (TPSA) is 0 Å². The van der Waals surface area contributed by atoms with Crippen LogP contribution in [0.5, 0.6) is 0 Å². The zero-order valence-corrected chi connectivity index (χ0v) is 34.3. The Morgan fingerprint density at radius 3 is 1.18 bits per heavy atom. The molecular weight excluding hydrogens is 719 g/mol. The van der Waals surface area contributed by atoms with E-state index in [0.717, 1.165) is 0 Å². The third kappa shape index (κ3) is 7.02. The van der Waals surface area contributed by atoms with Gasteiger partial charge < -0.3 is 0 Å². The van der Waals surface area contributed by atoms with Crippen LogP contribution in [0.3, 0.4) is 0 Å². The third-order valence-electron chi connectivity index (χ3n) is 11.7. The summed E-state index contributed by atoms with van der Waals surface area (Å²) >= 11 is -2.96. The molecule has 0 aliphatic heterocycles. The van der Waals surface area contributed by atoms with Crippen molar-refractivity contribution in [2.45, 2.75) is 86.5 Å². The Morgan fingerprint density at radius 2 is 0.745 bits per heavy atom. The van der Waals surface area contributed by atoms with Crippen LogP contribution in [0.15, 0.2) is 127 Å². The van der Waals surface area contributed by atoms with E-state index in [4.69, 9.17) is 0 Å². The molecule has 258 valence electrons. The van der Waals surface area contributed by atoms with E-state index in [2.05, 4.69) is 162 Å². The second kappa shape index (κ2) is 15.8. The van der Waals surface area contributed by atoms with Crippen LogP contribution in [0.25, 0.3) is 65.7 Å². The summed E-state index contributed by atoms with van der Waals surface area (Å²) in [7, 11) is 0. The number of rotatable bonds is 13. The number of unbranched alkanes of at least 4 members (excludes halogenated alkanes) is 3. The maximum absolute atomic E-state index is 2.96. The monoisotopic (exact) mass is 774 g/mol. The fourth-order valence-electron chi connectivity index (χ4n) is 8.95. The fourth-order valence-corrected chi connectivity index (χ4v) is 26.6. The molecule has 0 bridgehead atoms. The molecule has 0 fully saturated rings. The molecule has 7 aromatic rings. The van der Waals surface area contributed by atoms with Gasteiger partial charge in [0.2, 0.25) is 0 Å². The molecule has 7 aromatic carbocycles. The van der Waals surface area contributed by atoms with E-state index in [1.54, 1.807) is 3.58 Å². The van der Waals surface area contributed by atoms with Gasteiger partial charge in [-0.2, -0.15) is 0 Å². The maximum atomic E-state index is 2.54. The van der Waals surface area contributed by atoms with Gasteiger partial charge in [-0.05, 0) is 0 Å². The first kappa shape index (κ1) is 35.5. The van der Waals surface area contributed by atoms with Gasteiger partial charge in [-0.15, -0.1) is 0 Å². The Morgan fingerprint density at radius 1 is 0.392 bits per heavy atom. The van der Waals surface area contributed by atoms with Crippen molar-refractivity contribution < 1.29 is 0 Å². The second-order valence-electron chi connectivity index (χ2n) is 15.0. The van der Waals surface area contributed by atoms with Gasteiger partial charge in [-0.1, -0.05) is 0 Å². The van der Waals surface area contributed by atoms with Gasteiger partial charge in [0.1, 0.15) is 0 Å². The summed E-state index contributed by atoms with van der Waals surface area (Å²) in [6.45, 7) is 11.8. The van der Waals surface area contributed by atoms with Crippen LogP contribution in [-0.2, 0) is 0 Å². The predicted octanol–water partition coefficient (Wildman–Crippen LogP) is 14.8. The summed E-state index contributed by atoms with van der Waals surface area (Å²) in [5.74, 6) is 0. The summed E-state index contributed by atoms with van der Waals surface area (Å²) in [5, 5.41) is 8.23. The van der Waals surface area contributed by atoms with Crippen molar-refractivity contribution in [3.8, 4) is 33.4 Å². The molecule has 0 spiro atoms. The van der Waals surface area contributed by atoms with Crippen molar-refractivity contribution in [3.63, 3.8) is 0 Å². The van der Waals surface area contributed by atoms with E-state index in [9.17, 15) is 0 Å². The molecule has 51 heavy (non-hydrogen) atoms. The first-order valence-corrected chi connectivity index (χ1v) is 27.1. The number of hydrogen-bond donors (Lipinski definition) is 0. The Hall–Kier alpha value is -3.88. The van der Waals surface area contributed by atoms with Crippen LogP contribution in [0.1, 0.15) is 70.4 Å². The minimum atomic E-state index is -2.96. The molecule has 0 saturated carbocycles. The fraction of sp³-hybridized carbons (Fsp3) is 0.280. The summed E-state index contributed by atoms with van der Waals surface area (Å²) in [5.41, 5.74) is 10.9. The van der Waals surface area contributed by atoms with Gasteiger partial charge in [0.05, 0.1) is 0 Å². The molecule has 0 aliphatic rings. The van der Waals surface area contributed by atoms with E-state index < -0.39 is 18.4 Å². The zero-order chi connectivity index (χ0) is 35.4. The molecule has 0 nitrogen and oxygen atoms in total. The summed E-state index contributed by atoms with van der Waals surface area (Å²) in [6.07, 6.45) is 7.88. The Balaban J connectivity index is 1.55. The average molecular weight is 774 g/mol. The van der Waals surface area contributed by atoms with Crippen LogP contribution in [0.2, 0.25) is 13.3 Å². The Labute approximate surface area is 310 Å². The van der Waals surface area contributed by atoms with Crippen LogP contribution in [0.4, 0.5) is 0 Å². The van der Waals surface area contributed by atoms with Gasteiger partial charge in [0.15, 0.2) is 0 Å². The van der Waals surface area contributed by atoms with E-state index in [0.29, 0.717) is 0 Å². The van der Waals surface area contributed by atoms with Gasteiger partial charge >= 0.3 is 313 Å². The molecule has 0 saturated heterocycles. The molecule has 0 heterocycles. The third-order valence-corrected chi connectivity index (χ3v) is 27.5. The van der Waals surface area contributed by atoms with Crippen molar-refractivity contribution in [2.24, 2.45) is 0 Å². The first-order valence-electron chi connectivity index (χ1n) is 19.6. The van der Waals surface area contributed by atoms with Crippen LogP contribution < -0.4 is 3.58 Å². The van der Waals surface area contributed by atoms with Gasteiger partial charge in [0.25, 0.3) is 0 Å². The van der Waals surface area contributed by atoms with Gasteiger partial charge in [-0.25, -0.2) is 0 Å². The molecule has 0 N–H and O–H groups in total. The number of hydrogen-bond acceptors (Lipinski definition) is 0. The SMILES string of the molecule is CCC[CH2][Sn]([CH2]CCC)([CH2]CCC)[c]1c(-c2cc(-c3ccc4ccccc4c3C)cc(-c3ccc4ccccc4c3C)c2)ccc2ccccc12. The number of benzene rings is 7. The molecule has 0 unspecified atom stereocenters. The van der Waals surface area contributed by atoms with Crippen molar-refractivity contribution >= 4 is 54.3 Å².